The van der Waals surface area contributed by atoms with E-state index in [1.807, 2.05) is 30.3 Å². The van der Waals surface area contributed by atoms with Gasteiger partial charge < -0.3 is 4.74 Å². The molecule has 2 rings (SSSR count). The Bertz CT molecular complexity index is 291. The fourth-order valence-electron chi connectivity index (χ4n) is 1.80. The van der Waals surface area contributed by atoms with Crippen LogP contribution in [0.2, 0.25) is 0 Å². The summed E-state index contributed by atoms with van der Waals surface area (Å²) in [7, 11) is 0. The first-order valence-electron chi connectivity index (χ1n) is 5.39. The molecule has 15 heavy (non-hydrogen) atoms. The van der Waals surface area contributed by atoms with Gasteiger partial charge in [0.1, 0.15) is 12.4 Å². The summed E-state index contributed by atoms with van der Waals surface area (Å²) < 4.78 is 5.65. The second-order valence-electron chi connectivity index (χ2n) is 3.85. The first-order valence-corrected chi connectivity index (χ1v) is 6.30. The van der Waals surface area contributed by atoms with Gasteiger partial charge in [0.05, 0.1) is 0 Å². The van der Waals surface area contributed by atoms with E-state index in [4.69, 9.17) is 4.74 Å². The molecule has 0 radical (unpaired) electrons. The van der Waals surface area contributed by atoms with Gasteiger partial charge in [-0.2, -0.15) is 0 Å². The smallest absolute Gasteiger partial charge is 0.119 e. The van der Waals surface area contributed by atoms with Crippen molar-refractivity contribution in [2.75, 3.05) is 26.2 Å². The highest BCUT2D eigenvalue weighted by Gasteiger charge is 2.19. The topological polar surface area (TPSA) is 12.5 Å². The van der Waals surface area contributed by atoms with Crippen molar-refractivity contribution in [1.29, 1.82) is 0 Å². The molecule has 1 heterocycles. The summed E-state index contributed by atoms with van der Waals surface area (Å²) in [5.41, 5.74) is 0. The number of hydrogen-bond donors (Lipinski definition) is 0. The van der Waals surface area contributed by atoms with Crippen molar-refractivity contribution in [3.05, 3.63) is 30.3 Å². The zero-order chi connectivity index (χ0) is 10.5. The molecule has 3 heteroatoms. The van der Waals surface area contributed by atoms with Crippen molar-refractivity contribution in [2.24, 2.45) is 0 Å². The van der Waals surface area contributed by atoms with Crippen molar-refractivity contribution < 1.29 is 4.74 Å². The molecule has 0 aromatic heterocycles. The van der Waals surface area contributed by atoms with E-state index in [2.05, 4.69) is 20.8 Å². The van der Waals surface area contributed by atoms with Gasteiger partial charge in [0.15, 0.2) is 0 Å². The Labute approximate surface area is 99.4 Å². The van der Waals surface area contributed by atoms with Crippen LogP contribution in [0.1, 0.15) is 6.42 Å². The number of likely N-dealkylation sites (tertiary alicyclic amines) is 1. The molecule has 1 aliphatic rings. The molecule has 0 aliphatic carbocycles. The summed E-state index contributed by atoms with van der Waals surface area (Å²) >= 11 is 3.63. The monoisotopic (exact) mass is 269 g/mol. The van der Waals surface area contributed by atoms with Gasteiger partial charge in [0.25, 0.3) is 0 Å². The van der Waals surface area contributed by atoms with Gasteiger partial charge in [-0.3, -0.25) is 4.90 Å². The highest BCUT2D eigenvalue weighted by atomic mass is 79.9. The average molecular weight is 270 g/mol. The Balaban J connectivity index is 1.67. The molecule has 1 saturated heterocycles. The second-order valence-corrected chi connectivity index (χ2v) is 5.14. The van der Waals surface area contributed by atoms with E-state index in [9.17, 15) is 0 Å². The molecule has 2 nitrogen and oxygen atoms in total. The van der Waals surface area contributed by atoms with Gasteiger partial charge in [-0.05, 0) is 25.1 Å². The first-order chi connectivity index (χ1) is 7.34. The molecule has 1 aromatic carbocycles. The van der Waals surface area contributed by atoms with Crippen LogP contribution in [0.5, 0.6) is 5.75 Å². The van der Waals surface area contributed by atoms with E-state index in [0.29, 0.717) is 4.83 Å². The number of benzene rings is 1. The number of para-hydroxylation sites is 1. The van der Waals surface area contributed by atoms with Crippen molar-refractivity contribution in [2.45, 2.75) is 11.2 Å². The molecule has 0 amide bonds. The number of nitrogens with zero attached hydrogens (tertiary/aromatic N) is 1. The molecule has 1 unspecified atom stereocenters. The summed E-state index contributed by atoms with van der Waals surface area (Å²) in [5.74, 6) is 0.965. The van der Waals surface area contributed by atoms with E-state index < -0.39 is 0 Å². The Morgan fingerprint density at radius 2 is 2.13 bits per heavy atom. The minimum Gasteiger partial charge on any atom is -0.492 e. The summed E-state index contributed by atoms with van der Waals surface area (Å²) in [6.07, 6.45) is 1.26. The van der Waals surface area contributed by atoms with Crippen LogP contribution in [-0.2, 0) is 0 Å². The second kappa shape index (κ2) is 5.52. The zero-order valence-corrected chi connectivity index (χ0v) is 10.3. The third kappa shape index (κ3) is 3.50. The van der Waals surface area contributed by atoms with Crippen LogP contribution in [0.15, 0.2) is 30.3 Å². The lowest BCUT2D eigenvalue weighted by Gasteiger charge is -2.15. The summed E-state index contributed by atoms with van der Waals surface area (Å²) in [4.78, 5) is 3.11. The number of rotatable bonds is 4. The molecular weight excluding hydrogens is 254 g/mol. The van der Waals surface area contributed by atoms with Gasteiger partial charge in [-0.1, -0.05) is 34.1 Å². The minimum absolute atomic E-state index is 0.675. The van der Waals surface area contributed by atoms with Crippen LogP contribution in [0.3, 0.4) is 0 Å². The molecule has 0 spiro atoms. The lowest BCUT2D eigenvalue weighted by Crippen LogP contribution is -2.26. The molecule has 1 aromatic rings. The molecule has 1 aliphatic heterocycles. The minimum atomic E-state index is 0.675. The van der Waals surface area contributed by atoms with Crippen molar-refractivity contribution in [3.8, 4) is 5.75 Å². The zero-order valence-electron chi connectivity index (χ0n) is 8.73. The maximum absolute atomic E-state index is 5.65. The fourth-order valence-corrected chi connectivity index (χ4v) is 2.41. The van der Waals surface area contributed by atoms with Crippen molar-refractivity contribution >= 4 is 15.9 Å². The normalized spacial score (nSPS) is 21.8. The molecule has 0 saturated carbocycles. The molecule has 0 bridgehead atoms. The average Bonchev–Trinajstić information content (AvgIpc) is 2.66. The molecule has 82 valence electrons. The van der Waals surface area contributed by atoms with Crippen LogP contribution in [-0.4, -0.2) is 36.0 Å². The van der Waals surface area contributed by atoms with Gasteiger partial charge in [-0.15, -0.1) is 0 Å². The quantitative estimate of drug-likeness (QED) is 0.779. The SMILES string of the molecule is BrC1CCN(CCOc2ccccc2)C1. The predicted octanol–water partition coefficient (Wildman–Crippen LogP) is 2.53. The van der Waals surface area contributed by atoms with Gasteiger partial charge in [0, 0.05) is 17.9 Å². The predicted molar refractivity (Wildman–Crippen MR) is 65.7 cm³/mol. The van der Waals surface area contributed by atoms with E-state index in [1.165, 1.54) is 13.0 Å². The number of hydrogen-bond acceptors (Lipinski definition) is 2. The highest BCUT2D eigenvalue weighted by Crippen LogP contribution is 2.16. The van der Waals surface area contributed by atoms with Crippen LogP contribution < -0.4 is 4.74 Å². The Morgan fingerprint density at radius 1 is 1.33 bits per heavy atom. The van der Waals surface area contributed by atoms with E-state index >= 15 is 0 Å². The van der Waals surface area contributed by atoms with Crippen molar-refractivity contribution in [1.82, 2.24) is 4.90 Å². The number of halogens is 1. The largest absolute Gasteiger partial charge is 0.492 e. The van der Waals surface area contributed by atoms with Gasteiger partial charge >= 0.3 is 0 Å². The Kier molecular flexibility index (Phi) is 4.03. The molecular formula is C12H16BrNO. The van der Waals surface area contributed by atoms with Crippen molar-refractivity contribution in [3.63, 3.8) is 0 Å². The lowest BCUT2D eigenvalue weighted by atomic mass is 10.3. The van der Waals surface area contributed by atoms with Crippen LogP contribution in [0, 0.1) is 0 Å². The van der Waals surface area contributed by atoms with E-state index in [0.717, 1.165) is 25.4 Å². The highest BCUT2D eigenvalue weighted by molar-refractivity contribution is 9.09. The Hall–Kier alpha value is -0.540. The summed E-state index contributed by atoms with van der Waals surface area (Å²) in [6.45, 7) is 4.15. The number of ether oxygens (including phenoxy) is 1. The van der Waals surface area contributed by atoms with Crippen LogP contribution in [0.4, 0.5) is 0 Å². The van der Waals surface area contributed by atoms with Crippen LogP contribution in [0.25, 0.3) is 0 Å². The van der Waals surface area contributed by atoms with Crippen LogP contribution >= 0.6 is 15.9 Å². The maximum Gasteiger partial charge on any atom is 0.119 e. The maximum atomic E-state index is 5.65. The van der Waals surface area contributed by atoms with E-state index in [-0.39, 0.29) is 0 Å². The Morgan fingerprint density at radius 3 is 2.80 bits per heavy atom. The first kappa shape index (κ1) is 11.0. The van der Waals surface area contributed by atoms with Gasteiger partial charge in [0.2, 0.25) is 0 Å². The third-order valence-corrected chi connectivity index (χ3v) is 3.38. The van der Waals surface area contributed by atoms with E-state index in [1.54, 1.807) is 0 Å². The lowest BCUT2D eigenvalue weighted by molar-refractivity contribution is 0.238. The summed E-state index contributed by atoms with van der Waals surface area (Å²) in [6, 6.07) is 10.00. The molecule has 0 N–H and O–H groups in total. The molecule has 1 atom stereocenters. The fraction of sp³-hybridized carbons (Fsp3) is 0.500. The molecule has 1 fully saturated rings. The summed E-state index contributed by atoms with van der Waals surface area (Å²) in [5, 5.41) is 0. The number of alkyl halides is 1. The standard InChI is InChI=1S/C12H16BrNO/c13-11-6-7-14(10-11)8-9-15-12-4-2-1-3-5-12/h1-5,11H,6-10H2. The third-order valence-electron chi connectivity index (χ3n) is 2.63. The van der Waals surface area contributed by atoms with Gasteiger partial charge in [-0.25, -0.2) is 0 Å².